The van der Waals surface area contributed by atoms with Crippen LogP contribution < -0.4 is 0 Å². The Bertz CT molecular complexity index is 1190. The highest BCUT2D eigenvalue weighted by molar-refractivity contribution is 7.85. The van der Waals surface area contributed by atoms with E-state index in [0.29, 0.717) is 30.2 Å². The average molecular weight is 433 g/mol. The maximum atomic E-state index is 11.3. The highest BCUT2D eigenvalue weighted by atomic mass is 32.2. The minimum atomic E-state index is -3.55. The van der Waals surface area contributed by atoms with Crippen molar-refractivity contribution in [1.29, 1.82) is 5.26 Å². The molecule has 0 saturated heterocycles. The Morgan fingerprint density at radius 3 is 2.59 bits per heavy atom. The maximum Gasteiger partial charge on any atom is 0.264 e. The third-order valence-corrected chi connectivity index (χ3v) is 6.66. The number of ether oxygens (including phenoxy) is 1. The third kappa shape index (κ3) is 5.39. The van der Waals surface area contributed by atoms with Gasteiger partial charge in [-0.25, -0.2) is 9.97 Å². The van der Waals surface area contributed by atoms with Crippen LogP contribution in [0.4, 0.5) is 0 Å². The van der Waals surface area contributed by atoms with Crippen LogP contribution in [0.5, 0.6) is 0 Å². The Labute approximate surface area is 171 Å². The molecule has 0 aliphatic heterocycles. The van der Waals surface area contributed by atoms with E-state index in [1.807, 2.05) is 10.6 Å². The number of fused-ring (bicyclic) bond motifs is 3. The van der Waals surface area contributed by atoms with Gasteiger partial charge in [0.15, 0.2) is 0 Å². The van der Waals surface area contributed by atoms with Crippen molar-refractivity contribution in [2.75, 3.05) is 12.9 Å². The number of aromatic nitrogens is 3. The average Bonchev–Trinajstić information content (AvgIpc) is 2.94. The lowest BCUT2D eigenvalue weighted by Crippen LogP contribution is -2.22. The lowest BCUT2D eigenvalue weighted by molar-refractivity contribution is 0.0925. The topological polar surface area (TPSA) is 107 Å². The van der Waals surface area contributed by atoms with Crippen molar-refractivity contribution < 1.29 is 17.3 Å². The first-order valence-corrected chi connectivity index (χ1v) is 14.7. The zero-order chi connectivity index (χ0) is 21.2. The van der Waals surface area contributed by atoms with Gasteiger partial charge in [-0.2, -0.15) is 13.7 Å². The largest absolute Gasteiger partial charge is 0.361 e. The summed E-state index contributed by atoms with van der Waals surface area (Å²) in [4.78, 5) is 8.69. The molecule has 0 radical (unpaired) electrons. The van der Waals surface area contributed by atoms with Crippen LogP contribution in [-0.2, 0) is 32.4 Å². The van der Waals surface area contributed by atoms with Gasteiger partial charge in [0.25, 0.3) is 10.1 Å². The molecule has 3 rings (SSSR count). The number of pyridine rings is 2. The predicted molar refractivity (Wildman–Crippen MR) is 113 cm³/mol. The highest BCUT2D eigenvalue weighted by Gasteiger charge is 2.16. The second-order valence-corrected chi connectivity index (χ2v) is 15.4. The van der Waals surface area contributed by atoms with Gasteiger partial charge in [0.05, 0.1) is 24.6 Å². The molecule has 8 nitrogen and oxygen atoms in total. The van der Waals surface area contributed by atoms with E-state index in [4.69, 9.17) is 8.92 Å². The van der Waals surface area contributed by atoms with Crippen LogP contribution in [0.1, 0.15) is 11.3 Å². The Morgan fingerprint density at radius 1 is 1.17 bits per heavy atom. The lowest BCUT2D eigenvalue weighted by Gasteiger charge is -2.16. The van der Waals surface area contributed by atoms with E-state index in [-0.39, 0.29) is 6.61 Å². The second kappa shape index (κ2) is 8.20. The van der Waals surface area contributed by atoms with Crippen molar-refractivity contribution in [3.05, 3.63) is 35.8 Å². The summed E-state index contributed by atoms with van der Waals surface area (Å²) in [5.74, 6) is 0. The van der Waals surface area contributed by atoms with Gasteiger partial charge in [0.1, 0.15) is 24.1 Å². The Morgan fingerprint density at radius 2 is 1.93 bits per heavy atom. The minimum Gasteiger partial charge on any atom is -0.361 e. The molecular weight excluding hydrogens is 408 g/mol. The van der Waals surface area contributed by atoms with Crippen molar-refractivity contribution in [1.82, 2.24) is 14.5 Å². The molecule has 0 aliphatic carbocycles. The predicted octanol–water partition coefficient (Wildman–Crippen LogP) is 3.24. The summed E-state index contributed by atoms with van der Waals surface area (Å²) in [7, 11) is -4.75. The zero-order valence-corrected chi connectivity index (χ0v) is 18.8. The smallest absolute Gasteiger partial charge is 0.264 e. The standard InChI is InChI=1S/C19H24N4O4SSi/c1-28(24,25)27-12-14-7-17-16-8-15(9-20)21-11-18(16)23(19(17)22-10-14)13-26-5-6-29(2,3)4/h7-8,10-11H,5-6,12-13H2,1-4H3. The molecule has 0 spiro atoms. The molecule has 3 heterocycles. The summed E-state index contributed by atoms with van der Waals surface area (Å²) in [5.41, 5.74) is 2.42. The van der Waals surface area contributed by atoms with Crippen LogP contribution in [0.25, 0.3) is 21.9 Å². The summed E-state index contributed by atoms with van der Waals surface area (Å²) < 4.78 is 35.3. The molecule has 0 aliphatic rings. The Kier molecular flexibility index (Phi) is 6.04. The van der Waals surface area contributed by atoms with E-state index in [0.717, 1.165) is 28.6 Å². The van der Waals surface area contributed by atoms with E-state index < -0.39 is 18.2 Å². The van der Waals surface area contributed by atoms with Crippen LogP contribution >= 0.6 is 0 Å². The van der Waals surface area contributed by atoms with E-state index >= 15 is 0 Å². The van der Waals surface area contributed by atoms with E-state index in [1.54, 1.807) is 18.5 Å². The monoisotopic (exact) mass is 432 g/mol. The molecular formula is C19H24N4O4SSi. The van der Waals surface area contributed by atoms with Crippen LogP contribution in [0, 0.1) is 11.3 Å². The van der Waals surface area contributed by atoms with E-state index in [1.165, 1.54) is 0 Å². The molecule has 154 valence electrons. The van der Waals surface area contributed by atoms with Gasteiger partial charge < -0.3 is 4.74 Å². The number of hydrogen-bond donors (Lipinski definition) is 0. The molecule has 0 amide bonds. The molecule has 29 heavy (non-hydrogen) atoms. The fourth-order valence-electron chi connectivity index (χ4n) is 2.89. The normalized spacial score (nSPS) is 12.5. The molecule has 0 atom stereocenters. The van der Waals surface area contributed by atoms with E-state index in [9.17, 15) is 13.7 Å². The first kappa shape index (κ1) is 21.4. The lowest BCUT2D eigenvalue weighted by atomic mass is 10.1. The third-order valence-electron chi connectivity index (χ3n) is 4.41. The molecule has 0 bridgehead atoms. The summed E-state index contributed by atoms with van der Waals surface area (Å²) in [5, 5.41) is 10.8. The minimum absolute atomic E-state index is 0.0999. The fourth-order valence-corrected chi connectivity index (χ4v) is 3.99. The van der Waals surface area contributed by atoms with Gasteiger partial charge in [-0.05, 0) is 23.7 Å². The van der Waals surface area contributed by atoms with Crippen molar-refractivity contribution in [3.8, 4) is 6.07 Å². The Balaban J connectivity index is 1.99. The summed E-state index contributed by atoms with van der Waals surface area (Å²) in [6.07, 6.45) is 4.24. The fraction of sp³-hybridized carbons (Fsp3) is 0.421. The SMILES string of the molecule is C[Si](C)(C)CCOCn1c2cnc(C#N)cc2c2cc(COS(C)(=O)=O)cnc21. The van der Waals surface area contributed by atoms with Gasteiger partial charge in [-0.3, -0.25) is 8.75 Å². The molecule has 0 saturated carbocycles. The Hall–Kier alpha value is -2.32. The molecule has 0 N–H and O–H groups in total. The van der Waals surface area contributed by atoms with Crippen LogP contribution in [-0.4, -0.2) is 43.9 Å². The highest BCUT2D eigenvalue weighted by Crippen LogP contribution is 2.29. The van der Waals surface area contributed by atoms with Crippen molar-refractivity contribution in [3.63, 3.8) is 0 Å². The van der Waals surface area contributed by atoms with Gasteiger partial charge in [-0.15, -0.1) is 0 Å². The molecule has 3 aromatic heterocycles. The van der Waals surface area contributed by atoms with Crippen molar-refractivity contribution in [2.24, 2.45) is 0 Å². The van der Waals surface area contributed by atoms with E-state index in [2.05, 4.69) is 35.7 Å². The van der Waals surface area contributed by atoms with Gasteiger partial charge in [0.2, 0.25) is 0 Å². The van der Waals surface area contributed by atoms with Gasteiger partial charge in [0, 0.05) is 31.7 Å². The quantitative estimate of drug-likeness (QED) is 0.305. The summed E-state index contributed by atoms with van der Waals surface area (Å²) in [6, 6.07) is 6.64. The summed E-state index contributed by atoms with van der Waals surface area (Å²) in [6.45, 7) is 7.78. The van der Waals surface area contributed by atoms with Gasteiger partial charge >= 0.3 is 0 Å². The molecule has 0 unspecified atom stereocenters. The number of nitrogens with zero attached hydrogens (tertiary/aromatic N) is 4. The molecule has 0 aromatic carbocycles. The number of nitriles is 1. The molecule has 10 heteroatoms. The molecule has 3 aromatic rings. The maximum absolute atomic E-state index is 11.3. The van der Waals surface area contributed by atoms with Crippen molar-refractivity contribution in [2.45, 2.75) is 39.0 Å². The number of rotatable bonds is 8. The van der Waals surface area contributed by atoms with Crippen LogP contribution in [0.2, 0.25) is 25.7 Å². The van der Waals surface area contributed by atoms with Crippen LogP contribution in [0.15, 0.2) is 24.5 Å². The number of hydrogen-bond acceptors (Lipinski definition) is 7. The molecule has 0 fully saturated rings. The first-order chi connectivity index (χ1) is 13.6. The van der Waals surface area contributed by atoms with Crippen LogP contribution in [0.3, 0.4) is 0 Å². The summed E-state index contributed by atoms with van der Waals surface area (Å²) >= 11 is 0. The first-order valence-electron chi connectivity index (χ1n) is 9.16. The van der Waals surface area contributed by atoms with Crippen molar-refractivity contribution >= 4 is 40.1 Å². The zero-order valence-electron chi connectivity index (χ0n) is 17.0. The van der Waals surface area contributed by atoms with Gasteiger partial charge in [-0.1, -0.05) is 19.6 Å². The second-order valence-electron chi connectivity index (χ2n) is 8.16.